The zero-order valence-corrected chi connectivity index (χ0v) is 15.8. The van der Waals surface area contributed by atoms with Crippen molar-refractivity contribution in [2.24, 2.45) is 0 Å². The van der Waals surface area contributed by atoms with Crippen LogP contribution >= 0.6 is 0 Å². The van der Waals surface area contributed by atoms with Crippen LogP contribution < -0.4 is 5.73 Å². The van der Waals surface area contributed by atoms with E-state index in [2.05, 4.69) is 53.3 Å². The number of nitriles is 1. The van der Waals surface area contributed by atoms with Crippen molar-refractivity contribution in [3.8, 4) is 17.2 Å². The van der Waals surface area contributed by atoms with E-state index in [0.717, 1.165) is 38.9 Å². The molecular formula is C24H20N4. The number of aryl methyl sites for hydroxylation is 2. The number of benzene rings is 2. The number of H-pyrrole nitrogens is 1. The van der Waals surface area contributed by atoms with Crippen LogP contribution in [0.15, 0.2) is 54.7 Å². The first-order chi connectivity index (χ1) is 13.6. The fourth-order valence-corrected chi connectivity index (χ4v) is 3.42. The fourth-order valence-electron chi connectivity index (χ4n) is 3.42. The van der Waals surface area contributed by atoms with Gasteiger partial charge in [0.05, 0.1) is 0 Å². The highest BCUT2D eigenvalue weighted by Crippen LogP contribution is 2.34. The third kappa shape index (κ3) is 3.15. The summed E-state index contributed by atoms with van der Waals surface area (Å²) in [5.41, 5.74) is 13.3. The number of pyridine rings is 1. The molecule has 0 aliphatic heterocycles. The molecule has 4 nitrogen and oxygen atoms in total. The lowest BCUT2D eigenvalue weighted by Crippen LogP contribution is -2.03. The minimum atomic E-state index is 0.261. The van der Waals surface area contributed by atoms with Crippen LogP contribution in [0.3, 0.4) is 0 Å². The van der Waals surface area contributed by atoms with E-state index in [1.165, 1.54) is 5.56 Å². The summed E-state index contributed by atoms with van der Waals surface area (Å²) in [6, 6.07) is 18.7. The van der Waals surface area contributed by atoms with Crippen LogP contribution in [-0.4, -0.2) is 9.97 Å². The average molecular weight is 364 g/mol. The number of aromatic amines is 1. The predicted molar refractivity (Wildman–Crippen MR) is 116 cm³/mol. The molecule has 0 fully saturated rings. The molecule has 0 bridgehead atoms. The molecule has 0 saturated carbocycles. The van der Waals surface area contributed by atoms with Gasteiger partial charge in [-0.2, -0.15) is 5.26 Å². The summed E-state index contributed by atoms with van der Waals surface area (Å²) in [4.78, 5) is 7.61. The maximum atomic E-state index is 9.76. The van der Waals surface area contributed by atoms with Crippen molar-refractivity contribution in [3.05, 3.63) is 82.7 Å². The lowest BCUT2D eigenvalue weighted by Gasteiger charge is -2.14. The molecule has 2 aromatic carbocycles. The molecule has 2 aromatic heterocycles. The van der Waals surface area contributed by atoms with Gasteiger partial charge in [0.15, 0.2) is 0 Å². The SMILES string of the molecule is Cc1ccc(C=Cc2c(C)nc(N)c(C#N)c2-c2ccc3[nH]ccc3c2)cc1. The molecule has 0 radical (unpaired) electrons. The summed E-state index contributed by atoms with van der Waals surface area (Å²) < 4.78 is 0. The normalized spacial score (nSPS) is 11.2. The van der Waals surface area contributed by atoms with Gasteiger partial charge in [0.1, 0.15) is 17.5 Å². The minimum Gasteiger partial charge on any atom is -0.383 e. The minimum absolute atomic E-state index is 0.261. The Morgan fingerprint density at radius 1 is 1.04 bits per heavy atom. The average Bonchev–Trinajstić information content (AvgIpc) is 3.16. The second kappa shape index (κ2) is 7.05. The van der Waals surface area contributed by atoms with E-state index in [-0.39, 0.29) is 5.82 Å². The molecule has 0 aliphatic rings. The van der Waals surface area contributed by atoms with E-state index in [9.17, 15) is 5.26 Å². The molecule has 4 rings (SSSR count). The summed E-state index contributed by atoms with van der Waals surface area (Å²) in [6.45, 7) is 3.99. The molecule has 0 aliphatic carbocycles. The van der Waals surface area contributed by atoms with Crippen molar-refractivity contribution in [1.82, 2.24) is 9.97 Å². The molecule has 0 atom stereocenters. The second-order valence-electron chi connectivity index (χ2n) is 6.88. The number of hydrogen-bond acceptors (Lipinski definition) is 3. The number of aromatic nitrogens is 2. The first-order valence-corrected chi connectivity index (χ1v) is 9.09. The van der Waals surface area contributed by atoms with Crippen molar-refractivity contribution in [1.29, 1.82) is 5.26 Å². The molecule has 28 heavy (non-hydrogen) atoms. The van der Waals surface area contributed by atoms with E-state index in [1.54, 1.807) is 0 Å². The van der Waals surface area contributed by atoms with Crippen LogP contribution in [0, 0.1) is 25.2 Å². The molecule has 0 spiro atoms. The molecule has 0 amide bonds. The van der Waals surface area contributed by atoms with Gasteiger partial charge in [-0.1, -0.05) is 48.0 Å². The summed E-state index contributed by atoms with van der Waals surface area (Å²) in [7, 11) is 0. The molecule has 4 aromatic rings. The van der Waals surface area contributed by atoms with Crippen molar-refractivity contribution >= 4 is 28.9 Å². The quantitative estimate of drug-likeness (QED) is 0.506. The van der Waals surface area contributed by atoms with E-state index < -0.39 is 0 Å². The molecule has 0 unspecified atom stereocenters. The second-order valence-corrected chi connectivity index (χ2v) is 6.88. The molecular weight excluding hydrogens is 344 g/mol. The van der Waals surface area contributed by atoms with E-state index >= 15 is 0 Å². The zero-order valence-electron chi connectivity index (χ0n) is 15.8. The Bertz CT molecular complexity index is 1240. The van der Waals surface area contributed by atoms with Gasteiger partial charge in [0.2, 0.25) is 0 Å². The highest BCUT2D eigenvalue weighted by Gasteiger charge is 2.17. The Balaban J connectivity index is 1.92. The smallest absolute Gasteiger partial charge is 0.142 e. The van der Waals surface area contributed by atoms with Crippen molar-refractivity contribution in [2.45, 2.75) is 13.8 Å². The number of anilines is 1. The van der Waals surface area contributed by atoms with Gasteiger partial charge in [-0.25, -0.2) is 4.98 Å². The van der Waals surface area contributed by atoms with Crippen molar-refractivity contribution in [3.63, 3.8) is 0 Å². The van der Waals surface area contributed by atoms with Gasteiger partial charge in [-0.15, -0.1) is 0 Å². The summed E-state index contributed by atoms with van der Waals surface area (Å²) in [5, 5.41) is 10.9. The number of nitrogens with two attached hydrogens (primary N) is 1. The Labute approximate surface area is 164 Å². The first-order valence-electron chi connectivity index (χ1n) is 9.09. The maximum absolute atomic E-state index is 9.76. The van der Waals surface area contributed by atoms with Crippen LogP contribution in [0.2, 0.25) is 0 Å². The lowest BCUT2D eigenvalue weighted by molar-refractivity contribution is 1.19. The molecule has 136 valence electrons. The highest BCUT2D eigenvalue weighted by atomic mass is 14.8. The van der Waals surface area contributed by atoms with E-state index in [0.29, 0.717) is 5.56 Å². The largest absolute Gasteiger partial charge is 0.383 e. The van der Waals surface area contributed by atoms with Gasteiger partial charge < -0.3 is 10.7 Å². The van der Waals surface area contributed by atoms with Crippen LogP contribution in [0.5, 0.6) is 0 Å². The van der Waals surface area contributed by atoms with Gasteiger partial charge in [-0.3, -0.25) is 0 Å². The van der Waals surface area contributed by atoms with Crippen LogP contribution in [0.1, 0.15) is 27.9 Å². The molecule has 4 heteroatoms. The number of hydrogen-bond donors (Lipinski definition) is 2. The zero-order chi connectivity index (χ0) is 19.7. The number of rotatable bonds is 3. The van der Waals surface area contributed by atoms with Crippen molar-refractivity contribution < 1.29 is 0 Å². The van der Waals surface area contributed by atoms with Gasteiger partial charge in [0.25, 0.3) is 0 Å². The Kier molecular flexibility index (Phi) is 4.42. The van der Waals surface area contributed by atoms with Gasteiger partial charge in [-0.05, 0) is 48.6 Å². The van der Waals surface area contributed by atoms with Crippen LogP contribution in [-0.2, 0) is 0 Å². The Hall–Kier alpha value is -3.84. The monoisotopic (exact) mass is 364 g/mol. The maximum Gasteiger partial charge on any atom is 0.142 e. The van der Waals surface area contributed by atoms with Crippen molar-refractivity contribution in [2.75, 3.05) is 5.73 Å². The third-order valence-corrected chi connectivity index (χ3v) is 4.93. The number of nitrogens with one attached hydrogen (secondary N) is 1. The van der Waals surface area contributed by atoms with Gasteiger partial charge >= 0.3 is 0 Å². The Morgan fingerprint density at radius 2 is 1.82 bits per heavy atom. The highest BCUT2D eigenvalue weighted by molar-refractivity contribution is 5.92. The summed E-state index contributed by atoms with van der Waals surface area (Å²) >= 11 is 0. The lowest BCUT2D eigenvalue weighted by atomic mass is 9.93. The summed E-state index contributed by atoms with van der Waals surface area (Å²) in [5.74, 6) is 0.261. The topological polar surface area (TPSA) is 78.5 Å². The van der Waals surface area contributed by atoms with E-state index in [4.69, 9.17) is 5.73 Å². The van der Waals surface area contributed by atoms with Crippen LogP contribution in [0.25, 0.3) is 34.2 Å². The van der Waals surface area contributed by atoms with Gasteiger partial charge in [0, 0.05) is 28.5 Å². The molecule has 0 saturated heterocycles. The van der Waals surface area contributed by atoms with Crippen LogP contribution in [0.4, 0.5) is 5.82 Å². The first kappa shape index (κ1) is 17.6. The van der Waals surface area contributed by atoms with E-state index in [1.807, 2.05) is 43.5 Å². The summed E-state index contributed by atoms with van der Waals surface area (Å²) in [6.07, 6.45) is 5.97. The standard InChI is InChI=1S/C24H20N4/c1-15-3-5-17(6-4-15)7-9-20-16(2)28-24(26)21(14-25)23(20)19-8-10-22-18(13-19)11-12-27-22/h3-13,27H,1-2H3,(H2,26,28). The molecule has 2 heterocycles. The fraction of sp³-hybridized carbons (Fsp3) is 0.0833. The predicted octanol–water partition coefficient (Wildman–Crippen LogP) is 5.47. The number of nitrogens with zero attached hydrogens (tertiary/aromatic N) is 2. The third-order valence-electron chi connectivity index (χ3n) is 4.93. The number of nitrogen functional groups attached to an aromatic ring is 1. The molecule has 3 N–H and O–H groups in total. The Morgan fingerprint density at radius 3 is 2.57 bits per heavy atom. The number of fused-ring (bicyclic) bond motifs is 1.